The number of hydrogen-bond donors (Lipinski definition) is 1. The van der Waals surface area contributed by atoms with E-state index in [4.69, 9.17) is 9.47 Å². The summed E-state index contributed by atoms with van der Waals surface area (Å²) in [6.07, 6.45) is 6.20. The van der Waals surface area contributed by atoms with Crippen LogP contribution in [0.2, 0.25) is 0 Å². The van der Waals surface area contributed by atoms with Crippen molar-refractivity contribution in [1.82, 2.24) is 9.71 Å². The molecule has 0 atom stereocenters. The lowest BCUT2D eigenvalue weighted by Gasteiger charge is -2.16. The molecule has 1 heterocycles. The molecule has 1 saturated carbocycles. The SMILES string of the molecule is COc1c(C)cc(S(=O)(=O)NCc2cccnc2OC2CCCC2)cc1C. The number of benzene rings is 1. The maximum Gasteiger partial charge on any atom is 0.240 e. The topological polar surface area (TPSA) is 77.5 Å². The minimum absolute atomic E-state index is 0.127. The number of aromatic nitrogens is 1. The van der Waals surface area contributed by atoms with E-state index in [0.29, 0.717) is 11.6 Å². The van der Waals surface area contributed by atoms with Gasteiger partial charge in [0, 0.05) is 18.3 Å². The average Bonchev–Trinajstić information content (AvgIpc) is 3.14. The van der Waals surface area contributed by atoms with Crippen LogP contribution < -0.4 is 14.2 Å². The van der Waals surface area contributed by atoms with Gasteiger partial charge in [0.15, 0.2) is 0 Å². The molecular formula is C20H26N2O4S. The monoisotopic (exact) mass is 390 g/mol. The van der Waals surface area contributed by atoms with Gasteiger partial charge in [0.05, 0.1) is 12.0 Å². The fourth-order valence-electron chi connectivity index (χ4n) is 3.47. The zero-order chi connectivity index (χ0) is 19.4. The second-order valence-electron chi connectivity index (χ2n) is 6.91. The van der Waals surface area contributed by atoms with E-state index in [1.807, 2.05) is 19.9 Å². The summed E-state index contributed by atoms with van der Waals surface area (Å²) in [7, 11) is -2.08. The van der Waals surface area contributed by atoms with E-state index in [2.05, 4.69) is 9.71 Å². The van der Waals surface area contributed by atoms with Crippen LogP contribution in [0, 0.1) is 13.8 Å². The molecule has 1 aromatic carbocycles. The Kier molecular flexibility index (Phi) is 6.01. The molecule has 1 aromatic heterocycles. The first kappa shape index (κ1) is 19.6. The van der Waals surface area contributed by atoms with Gasteiger partial charge in [-0.2, -0.15) is 0 Å². The Morgan fingerprint density at radius 1 is 1.19 bits per heavy atom. The highest BCUT2D eigenvalue weighted by Crippen LogP contribution is 2.27. The van der Waals surface area contributed by atoms with Crippen molar-refractivity contribution in [2.75, 3.05) is 7.11 Å². The highest BCUT2D eigenvalue weighted by molar-refractivity contribution is 7.89. The summed E-state index contributed by atoms with van der Waals surface area (Å²) in [5.41, 5.74) is 2.30. The Morgan fingerprint density at radius 2 is 1.85 bits per heavy atom. The predicted molar refractivity (Wildman–Crippen MR) is 104 cm³/mol. The van der Waals surface area contributed by atoms with Gasteiger partial charge in [-0.15, -0.1) is 0 Å². The lowest BCUT2D eigenvalue weighted by Crippen LogP contribution is -2.24. The smallest absolute Gasteiger partial charge is 0.240 e. The Morgan fingerprint density at radius 3 is 2.48 bits per heavy atom. The summed E-state index contributed by atoms with van der Waals surface area (Å²) in [6.45, 7) is 3.79. The number of aryl methyl sites for hydroxylation is 2. The maximum absolute atomic E-state index is 12.8. The summed E-state index contributed by atoms with van der Waals surface area (Å²) in [5, 5.41) is 0. The van der Waals surface area contributed by atoms with Crippen LogP contribution in [0.4, 0.5) is 0 Å². The van der Waals surface area contributed by atoms with Crippen molar-refractivity contribution in [3.63, 3.8) is 0 Å². The number of hydrogen-bond acceptors (Lipinski definition) is 5. The van der Waals surface area contributed by atoms with Crippen molar-refractivity contribution in [2.24, 2.45) is 0 Å². The zero-order valence-corrected chi connectivity index (χ0v) is 16.8. The van der Waals surface area contributed by atoms with E-state index < -0.39 is 10.0 Å². The van der Waals surface area contributed by atoms with Gasteiger partial charge >= 0.3 is 0 Å². The number of rotatable bonds is 7. The van der Waals surface area contributed by atoms with Crippen molar-refractivity contribution in [3.05, 3.63) is 47.2 Å². The van der Waals surface area contributed by atoms with Gasteiger partial charge in [-0.1, -0.05) is 6.07 Å². The molecule has 1 fully saturated rings. The van der Waals surface area contributed by atoms with Crippen LogP contribution in [-0.2, 0) is 16.6 Å². The van der Waals surface area contributed by atoms with Gasteiger partial charge in [0.25, 0.3) is 0 Å². The molecule has 2 aromatic rings. The van der Waals surface area contributed by atoms with Crippen LogP contribution in [0.1, 0.15) is 42.4 Å². The summed E-state index contributed by atoms with van der Waals surface area (Å²) >= 11 is 0. The summed E-state index contributed by atoms with van der Waals surface area (Å²) in [6, 6.07) is 6.86. The maximum atomic E-state index is 12.8. The second kappa shape index (κ2) is 8.27. The molecule has 3 rings (SSSR count). The molecule has 1 aliphatic rings. The Labute approximate surface area is 161 Å². The molecule has 27 heavy (non-hydrogen) atoms. The zero-order valence-electron chi connectivity index (χ0n) is 16.0. The average molecular weight is 391 g/mol. The van der Waals surface area contributed by atoms with Crippen LogP contribution >= 0.6 is 0 Å². The largest absolute Gasteiger partial charge is 0.496 e. The summed E-state index contributed by atoms with van der Waals surface area (Å²) < 4.78 is 39.5. The molecule has 1 aliphatic carbocycles. The highest BCUT2D eigenvalue weighted by atomic mass is 32.2. The highest BCUT2D eigenvalue weighted by Gasteiger charge is 2.21. The number of nitrogens with one attached hydrogen (secondary N) is 1. The number of methoxy groups -OCH3 is 1. The van der Waals surface area contributed by atoms with Crippen LogP contribution in [0.15, 0.2) is 35.4 Å². The van der Waals surface area contributed by atoms with Crippen LogP contribution in [0.25, 0.3) is 0 Å². The van der Waals surface area contributed by atoms with Crippen molar-refractivity contribution in [2.45, 2.75) is 57.1 Å². The number of pyridine rings is 1. The van der Waals surface area contributed by atoms with Gasteiger partial charge in [-0.05, 0) is 68.9 Å². The van der Waals surface area contributed by atoms with Gasteiger partial charge in [-0.3, -0.25) is 0 Å². The quantitative estimate of drug-likeness (QED) is 0.783. The van der Waals surface area contributed by atoms with E-state index in [-0.39, 0.29) is 17.5 Å². The third-order valence-electron chi connectivity index (χ3n) is 4.83. The predicted octanol–water partition coefficient (Wildman–Crippen LogP) is 3.51. The summed E-state index contributed by atoms with van der Waals surface area (Å²) in [5.74, 6) is 1.21. The van der Waals surface area contributed by atoms with Crippen molar-refractivity contribution in [3.8, 4) is 11.6 Å². The molecule has 0 spiro atoms. The normalized spacial score (nSPS) is 15.1. The third kappa shape index (κ3) is 4.59. The Balaban J connectivity index is 1.76. The van der Waals surface area contributed by atoms with E-state index in [1.54, 1.807) is 31.5 Å². The summed E-state index contributed by atoms with van der Waals surface area (Å²) in [4.78, 5) is 4.52. The van der Waals surface area contributed by atoms with E-state index >= 15 is 0 Å². The molecule has 146 valence electrons. The van der Waals surface area contributed by atoms with Crippen LogP contribution in [0.5, 0.6) is 11.6 Å². The number of sulfonamides is 1. The van der Waals surface area contributed by atoms with Gasteiger partial charge < -0.3 is 9.47 Å². The molecule has 6 nitrogen and oxygen atoms in total. The standard InChI is InChI=1S/C20H26N2O4S/c1-14-11-18(12-15(2)19(14)25-3)27(23,24)22-13-16-7-6-10-21-20(16)26-17-8-4-5-9-17/h6-7,10-12,17,22H,4-5,8-9,13H2,1-3H3. The van der Waals surface area contributed by atoms with Crippen LogP contribution in [-0.4, -0.2) is 26.6 Å². The first-order valence-electron chi connectivity index (χ1n) is 9.16. The molecule has 0 aliphatic heterocycles. The van der Waals surface area contributed by atoms with Gasteiger partial charge in [-0.25, -0.2) is 18.1 Å². The van der Waals surface area contributed by atoms with Gasteiger partial charge in [0.2, 0.25) is 15.9 Å². The number of ether oxygens (including phenoxy) is 2. The molecule has 0 unspecified atom stereocenters. The lowest BCUT2D eigenvalue weighted by atomic mass is 10.1. The van der Waals surface area contributed by atoms with E-state index in [9.17, 15) is 8.42 Å². The van der Waals surface area contributed by atoms with Crippen molar-refractivity contribution < 1.29 is 17.9 Å². The molecule has 1 N–H and O–H groups in total. The Hall–Kier alpha value is -2.12. The molecule has 7 heteroatoms. The molecule has 0 saturated heterocycles. The van der Waals surface area contributed by atoms with Gasteiger partial charge in [0.1, 0.15) is 11.9 Å². The van der Waals surface area contributed by atoms with Crippen molar-refractivity contribution in [1.29, 1.82) is 0 Å². The molecule has 0 bridgehead atoms. The fourth-order valence-corrected chi connectivity index (χ4v) is 4.65. The first-order valence-corrected chi connectivity index (χ1v) is 10.6. The fraction of sp³-hybridized carbons (Fsp3) is 0.450. The van der Waals surface area contributed by atoms with Crippen LogP contribution in [0.3, 0.4) is 0 Å². The van der Waals surface area contributed by atoms with Crippen molar-refractivity contribution >= 4 is 10.0 Å². The minimum atomic E-state index is -3.66. The Bertz CT molecular complexity index is 883. The third-order valence-corrected chi connectivity index (χ3v) is 6.21. The number of nitrogens with zero attached hydrogens (tertiary/aromatic N) is 1. The van der Waals surface area contributed by atoms with E-state index in [0.717, 1.165) is 42.4 Å². The molecule has 0 radical (unpaired) electrons. The molecule has 0 amide bonds. The first-order chi connectivity index (χ1) is 12.9. The minimum Gasteiger partial charge on any atom is -0.496 e. The second-order valence-corrected chi connectivity index (χ2v) is 8.67. The lowest BCUT2D eigenvalue weighted by molar-refractivity contribution is 0.199. The van der Waals surface area contributed by atoms with E-state index in [1.165, 1.54) is 0 Å². The molecular weight excluding hydrogens is 364 g/mol.